The normalized spacial score (nSPS) is 14.6. The van der Waals surface area contributed by atoms with E-state index in [-0.39, 0.29) is 11.7 Å². The lowest BCUT2D eigenvalue weighted by molar-refractivity contribution is -0.128. The number of anilines is 1. The molecule has 1 N–H and O–H groups in total. The first-order valence-corrected chi connectivity index (χ1v) is 10.0. The topological polar surface area (TPSA) is 43.8 Å². The lowest BCUT2D eigenvalue weighted by Gasteiger charge is -2.36. The van der Waals surface area contributed by atoms with Gasteiger partial charge in [0, 0.05) is 41.2 Å². The molecule has 2 aromatic rings. The van der Waals surface area contributed by atoms with Crippen LogP contribution in [0.1, 0.15) is 5.56 Å². The molecular formula is C19H21BrN2O2S. The number of benzene rings is 2. The fraction of sp³-hybridized carbons (Fsp3) is 0.316. The van der Waals surface area contributed by atoms with Crippen LogP contribution in [0.2, 0.25) is 0 Å². The zero-order valence-corrected chi connectivity index (χ0v) is 16.5. The SMILES string of the molecule is Cc1cc(Br)ccc1SCC(=O)N1CCN(c2ccc(O)cc2)CC1. The van der Waals surface area contributed by atoms with Crippen LogP contribution in [0, 0.1) is 6.92 Å². The van der Waals surface area contributed by atoms with E-state index in [1.165, 1.54) is 5.56 Å². The van der Waals surface area contributed by atoms with Crippen molar-refractivity contribution in [2.24, 2.45) is 0 Å². The lowest BCUT2D eigenvalue weighted by Crippen LogP contribution is -2.49. The fourth-order valence-corrected chi connectivity index (χ4v) is 4.27. The molecule has 0 aromatic heterocycles. The first-order chi connectivity index (χ1) is 12.0. The van der Waals surface area contributed by atoms with Gasteiger partial charge >= 0.3 is 0 Å². The molecule has 0 spiro atoms. The van der Waals surface area contributed by atoms with Crippen molar-refractivity contribution in [1.29, 1.82) is 0 Å². The molecular weight excluding hydrogens is 400 g/mol. The molecule has 1 fully saturated rings. The molecule has 1 aliphatic rings. The van der Waals surface area contributed by atoms with E-state index < -0.39 is 0 Å². The van der Waals surface area contributed by atoms with Gasteiger partial charge in [-0.05, 0) is 55.0 Å². The second kappa shape index (κ2) is 8.15. The smallest absolute Gasteiger partial charge is 0.233 e. The van der Waals surface area contributed by atoms with Crippen LogP contribution < -0.4 is 4.90 Å². The molecule has 1 heterocycles. The molecule has 0 aliphatic carbocycles. The van der Waals surface area contributed by atoms with Crippen molar-refractivity contribution in [1.82, 2.24) is 4.90 Å². The summed E-state index contributed by atoms with van der Waals surface area (Å²) in [5.41, 5.74) is 2.27. The monoisotopic (exact) mass is 420 g/mol. The quantitative estimate of drug-likeness (QED) is 0.761. The summed E-state index contributed by atoms with van der Waals surface area (Å²) in [4.78, 5) is 17.8. The van der Waals surface area contributed by atoms with E-state index in [0.29, 0.717) is 5.75 Å². The minimum absolute atomic E-state index is 0.192. The number of phenols is 1. The van der Waals surface area contributed by atoms with Crippen LogP contribution in [0.4, 0.5) is 5.69 Å². The molecule has 6 heteroatoms. The van der Waals surface area contributed by atoms with Crippen molar-refractivity contribution in [3.05, 3.63) is 52.5 Å². The van der Waals surface area contributed by atoms with Crippen molar-refractivity contribution < 1.29 is 9.90 Å². The Hall–Kier alpha value is -1.66. The van der Waals surface area contributed by atoms with Crippen LogP contribution >= 0.6 is 27.7 Å². The maximum atomic E-state index is 12.5. The fourth-order valence-electron chi connectivity index (χ4n) is 2.88. The van der Waals surface area contributed by atoms with E-state index in [1.807, 2.05) is 23.1 Å². The Balaban J connectivity index is 1.50. The Kier molecular flexibility index (Phi) is 5.91. The number of aromatic hydroxyl groups is 1. The highest BCUT2D eigenvalue weighted by Gasteiger charge is 2.21. The standard InChI is InChI=1S/C19H21BrN2O2S/c1-14-12-15(20)2-7-18(14)25-13-19(24)22-10-8-21(9-11-22)16-3-5-17(23)6-4-16/h2-7,12,23H,8-11,13H2,1H3. The van der Waals surface area contributed by atoms with Crippen LogP contribution in [-0.4, -0.2) is 47.8 Å². The molecule has 2 aromatic carbocycles. The van der Waals surface area contributed by atoms with Gasteiger partial charge in [-0.1, -0.05) is 15.9 Å². The predicted octanol–water partition coefficient (Wildman–Crippen LogP) is 3.90. The van der Waals surface area contributed by atoms with Crippen LogP contribution in [0.5, 0.6) is 5.75 Å². The van der Waals surface area contributed by atoms with Gasteiger partial charge in [-0.15, -0.1) is 11.8 Å². The zero-order chi connectivity index (χ0) is 17.8. The van der Waals surface area contributed by atoms with Gasteiger partial charge in [0.15, 0.2) is 0 Å². The maximum absolute atomic E-state index is 12.5. The summed E-state index contributed by atoms with van der Waals surface area (Å²) in [6, 6.07) is 13.4. The average Bonchev–Trinajstić information content (AvgIpc) is 2.61. The summed E-state index contributed by atoms with van der Waals surface area (Å²) in [6.07, 6.45) is 0. The number of carbonyl (C=O) groups excluding carboxylic acids is 1. The Morgan fingerprint density at radius 1 is 1.12 bits per heavy atom. The van der Waals surface area contributed by atoms with Gasteiger partial charge in [-0.25, -0.2) is 0 Å². The van der Waals surface area contributed by atoms with E-state index in [2.05, 4.69) is 39.9 Å². The summed E-state index contributed by atoms with van der Waals surface area (Å²) in [6.45, 7) is 5.17. The molecule has 0 saturated carbocycles. The lowest BCUT2D eigenvalue weighted by atomic mass is 10.2. The molecule has 0 bridgehead atoms. The van der Waals surface area contributed by atoms with Gasteiger partial charge in [-0.2, -0.15) is 0 Å². The molecule has 1 saturated heterocycles. The van der Waals surface area contributed by atoms with E-state index in [9.17, 15) is 9.90 Å². The molecule has 132 valence electrons. The molecule has 1 aliphatic heterocycles. The number of amides is 1. The van der Waals surface area contributed by atoms with Gasteiger partial charge in [0.2, 0.25) is 5.91 Å². The molecule has 4 nitrogen and oxygen atoms in total. The molecule has 0 atom stereocenters. The number of phenolic OH excluding ortho intramolecular Hbond substituents is 1. The Morgan fingerprint density at radius 2 is 1.80 bits per heavy atom. The highest BCUT2D eigenvalue weighted by molar-refractivity contribution is 9.10. The predicted molar refractivity (Wildman–Crippen MR) is 107 cm³/mol. The van der Waals surface area contributed by atoms with Gasteiger partial charge in [-0.3, -0.25) is 4.79 Å². The number of rotatable bonds is 4. The van der Waals surface area contributed by atoms with E-state index in [1.54, 1.807) is 23.9 Å². The van der Waals surface area contributed by atoms with E-state index >= 15 is 0 Å². The van der Waals surface area contributed by atoms with Crippen LogP contribution in [0.3, 0.4) is 0 Å². The average molecular weight is 421 g/mol. The molecule has 1 amide bonds. The third-order valence-electron chi connectivity index (χ3n) is 4.34. The van der Waals surface area contributed by atoms with Crippen molar-refractivity contribution in [3.8, 4) is 5.75 Å². The first-order valence-electron chi connectivity index (χ1n) is 8.23. The summed E-state index contributed by atoms with van der Waals surface area (Å²) in [7, 11) is 0. The molecule has 25 heavy (non-hydrogen) atoms. The highest BCUT2D eigenvalue weighted by atomic mass is 79.9. The van der Waals surface area contributed by atoms with Crippen molar-refractivity contribution >= 4 is 39.3 Å². The van der Waals surface area contributed by atoms with Gasteiger partial charge in [0.1, 0.15) is 5.75 Å². The summed E-state index contributed by atoms with van der Waals surface area (Å²) in [5, 5.41) is 9.38. The van der Waals surface area contributed by atoms with Gasteiger partial charge < -0.3 is 14.9 Å². The van der Waals surface area contributed by atoms with Crippen LogP contribution in [0.15, 0.2) is 51.8 Å². The zero-order valence-electron chi connectivity index (χ0n) is 14.1. The molecule has 3 rings (SSSR count). The number of piperazine rings is 1. The second-order valence-corrected chi connectivity index (χ2v) is 8.02. The Labute approximate surface area is 161 Å². The summed E-state index contributed by atoms with van der Waals surface area (Å²) in [5.74, 6) is 0.942. The minimum atomic E-state index is 0.192. The third kappa shape index (κ3) is 4.70. The maximum Gasteiger partial charge on any atom is 0.233 e. The number of halogens is 1. The Morgan fingerprint density at radius 3 is 2.44 bits per heavy atom. The first kappa shape index (κ1) is 18.1. The highest BCUT2D eigenvalue weighted by Crippen LogP contribution is 2.26. The van der Waals surface area contributed by atoms with Crippen molar-refractivity contribution in [3.63, 3.8) is 0 Å². The molecule has 0 unspecified atom stereocenters. The number of carbonyl (C=O) groups is 1. The number of thioether (sulfide) groups is 1. The Bertz CT molecular complexity index is 744. The van der Waals surface area contributed by atoms with Crippen molar-refractivity contribution in [2.75, 3.05) is 36.8 Å². The second-order valence-electron chi connectivity index (χ2n) is 6.08. The van der Waals surface area contributed by atoms with E-state index in [0.717, 1.165) is 41.2 Å². The minimum Gasteiger partial charge on any atom is -0.508 e. The largest absolute Gasteiger partial charge is 0.508 e. The number of nitrogens with zero attached hydrogens (tertiary/aromatic N) is 2. The number of hydrogen-bond acceptors (Lipinski definition) is 4. The van der Waals surface area contributed by atoms with E-state index in [4.69, 9.17) is 0 Å². The van der Waals surface area contributed by atoms with Crippen LogP contribution in [-0.2, 0) is 4.79 Å². The van der Waals surface area contributed by atoms with Crippen LogP contribution in [0.25, 0.3) is 0 Å². The van der Waals surface area contributed by atoms with Gasteiger partial charge in [0.25, 0.3) is 0 Å². The summed E-state index contributed by atoms with van der Waals surface area (Å²) >= 11 is 5.07. The molecule has 0 radical (unpaired) electrons. The summed E-state index contributed by atoms with van der Waals surface area (Å²) < 4.78 is 1.06. The third-order valence-corrected chi connectivity index (χ3v) is 5.99. The van der Waals surface area contributed by atoms with Gasteiger partial charge in [0.05, 0.1) is 5.75 Å². The van der Waals surface area contributed by atoms with Crippen molar-refractivity contribution in [2.45, 2.75) is 11.8 Å². The number of hydrogen-bond donors (Lipinski definition) is 1. The number of aryl methyl sites for hydroxylation is 1.